The first-order valence-corrected chi connectivity index (χ1v) is 12.7. The Labute approximate surface area is 208 Å². The summed E-state index contributed by atoms with van der Waals surface area (Å²) in [6, 6.07) is 28.4. The molecule has 0 aromatic heterocycles. The summed E-state index contributed by atoms with van der Waals surface area (Å²) in [5.41, 5.74) is 3.22. The number of halogens is 1. The van der Waals surface area contributed by atoms with Gasteiger partial charge < -0.3 is 10.1 Å². The summed E-state index contributed by atoms with van der Waals surface area (Å²) in [7, 11) is -3.93. The van der Waals surface area contributed by atoms with Crippen molar-refractivity contribution in [2.45, 2.75) is 11.5 Å². The van der Waals surface area contributed by atoms with Crippen molar-refractivity contribution in [3.05, 3.63) is 108 Å². The highest BCUT2D eigenvalue weighted by Gasteiger charge is 2.35. The van der Waals surface area contributed by atoms with Crippen molar-refractivity contribution in [3.63, 3.8) is 0 Å². The molecule has 0 saturated heterocycles. The number of benzene rings is 4. The Bertz CT molecular complexity index is 1490. The maximum absolute atomic E-state index is 13.4. The predicted molar refractivity (Wildman–Crippen MR) is 137 cm³/mol. The van der Waals surface area contributed by atoms with E-state index >= 15 is 0 Å². The van der Waals surface area contributed by atoms with Crippen LogP contribution in [0, 0.1) is 0 Å². The van der Waals surface area contributed by atoms with Crippen LogP contribution < -0.4 is 14.4 Å². The lowest BCUT2D eigenvalue weighted by atomic mass is 10.0. The van der Waals surface area contributed by atoms with Crippen molar-refractivity contribution in [2.75, 3.05) is 16.2 Å². The fourth-order valence-electron chi connectivity index (χ4n) is 3.98. The zero-order valence-electron chi connectivity index (χ0n) is 18.5. The number of anilines is 2. The molecule has 5 rings (SSSR count). The minimum Gasteiger partial charge on any atom is -0.489 e. The number of nitrogens with zero attached hydrogens (tertiary/aromatic N) is 1. The van der Waals surface area contributed by atoms with Gasteiger partial charge in [0, 0.05) is 21.8 Å². The zero-order chi connectivity index (χ0) is 24.4. The number of carbonyl (C=O) groups is 1. The molecule has 1 aliphatic rings. The lowest BCUT2D eigenvalue weighted by Crippen LogP contribution is -2.40. The van der Waals surface area contributed by atoms with Gasteiger partial charge in [0.2, 0.25) is 5.91 Å². The van der Waals surface area contributed by atoms with Gasteiger partial charge >= 0.3 is 0 Å². The minimum atomic E-state index is -3.93. The van der Waals surface area contributed by atoms with Gasteiger partial charge in [-0.25, -0.2) is 8.42 Å². The first-order chi connectivity index (χ1) is 16.9. The molecule has 0 aliphatic carbocycles. The Morgan fingerprint density at radius 3 is 2.34 bits per heavy atom. The minimum absolute atomic E-state index is 0.141. The lowest BCUT2D eigenvalue weighted by molar-refractivity contribution is -0.114. The Morgan fingerprint density at radius 1 is 0.857 bits per heavy atom. The topological polar surface area (TPSA) is 75.7 Å². The molecule has 0 radical (unpaired) electrons. The van der Waals surface area contributed by atoms with Gasteiger partial charge in [0.1, 0.15) is 18.9 Å². The second-order valence-corrected chi connectivity index (χ2v) is 10.3. The number of hydrogen-bond donors (Lipinski definition) is 1. The van der Waals surface area contributed by atoms with Crippen LogP contribution in [-0.2, 0) is 21.4 Å². The van der Waals surface area contributed by atoms with Crippen LogP contribution in [0.5, 0.6) is 5.75 Å². The van der Waals surface area contributed by atoms with E-state index in [4.69, 9.17) is 16.3 Å². The molecule has 1 N–H and O–H groups in total. The molecule has 176 valence electrons. The highest BCUT2D eigenvalue weighted by molar-refractivity contribution is 7.93. The molecule has 4 aromatic rings. The number of sulfonamides is 1. The first-order valence-electron chi connectivity index (χ1n) is 10.9. The summed E-state index contributed by atoms with van der Waals surface area (Å²) in [6.07, 6.45) is 0. The molecule has 0 bridgehead atoms. The fourth-order valence-corrected chi connectivity index (χ4v) is 5.80. The average molecular weight is 505 g/mol. The molecular weight excluding hydrogens is 484 g/mol. The lowest BCUT2D eigenvalue weighted by Gasteiger charge is -2.31. The van der Waals surface area contributed by atoms with Crippen molar-refractivity contribution in [2.24, 2.45) is 0 Å². The van der Waals surface area contributed by atoms with Crippen LogP contribution in [0.25, 0.3) is 11.1 Å². The third-order valence-corrected chi connectivity index (χ3v) is 7.70. The van der Waals surface area contributed by atoms with Crippen LogP contribution in [0.4, 0.5) is 11.4 Å². The first kappa shape index (κ1) is 23.0. The van der Waals surface area contributed by atoms with Crippen molar-refractivity contribution in [3.8, 4) is 16.9 Å². The third kappa shape index (κ3) is 4.73. The maximum atomic E-state index is 13.4. The Kier molecular flexibility index (Phi) is 6.19. The smallest absolute Gasteiger partial charge is 0.265 e. The molecule has 0 unspecified atom stereocenters. The molecule has 4 aromatic carbocycles. The van der Waals surface area contributed by atoms with Gasteiger partial charge in [-0.2, -0.15) is 0 Å². The average Bonchev–Trinajstić information content (AvgIpc) is 2.87. The highest BCUT2D eigenvalue weighted by atomic mass is 35.5. The number of nitrogens with one attached hydrogen (secondary N) is 1. The fraction of sp³-hybridized carbons (Fsp3) is 0.0741. The third-order valence-electron chi connectivity index (χ3n) is 5.65. The SMILES string of the molecule is O=C(CN1c2ccc(Cl)cc2-c2ccccc2S1(=O)=O)Nc1ccc(OCc2ccccc2)cc1. The van der Waals surface area contributed by atoms with E-state index in [2.05, 4.69) is 5.32 Å². The molecule has 0 saturated carbocycles. The van der Waals surface area contributed by atoms with Gasteiger partial charge in [-0.3, -0.25) is 9.10 Å². The molecule has 0 fully saturated rings. The van der Waals surface area contributed by atoms with Gasteiger partial charge in [-0.1, -0.05) is 60.1 Å². The second-order valence-electron chi connectivity index (χ2n) is 8.02. The van der Waals surface area contributed by atoms with E-state index in [1.807, 2.05) is 30.3 Å². The molecule has 1 heterocycles. The van der Waals surface area contributed by atoms with Crippen molar-refractivity contribution >= 4 is 38.9 Å². The summed E-state index contributed by atoms with van der Waals surface area (Å²) >= 11 is 6.19. The second kappa shape index (κ2) is 9.44. The number of amides is 1. The van der Waals surface area contributed by atoms with Crippen LogP contribution in [0.3, 0.4) is 0 Å². The number of fused-ring (bicyclic) bond motifs is 3. The summed E-state index contributed by atoms with van der Waals surface area (Å²) in [5.74, 6) is 0.194. The number of carbonyl (C=O) groups excluding carboxylic acids is 1. The van der Waals surface area contributed by atoms with Gasteiger partial charge in [-0.05, 0) is 54.1 Å². The van der Waals surface area contributed by atoms with E-state index in [9.17, 15) is 13.2 Å². The van der Waals surface area contributed by atoms with Crippen LogP contribution in [0.2, 0.25) is 5.02 Å². The summed E-state index contributed by atoms with van der Waals surface area (Å²) in [5, 5.41) is 3.25. The highest BCUT2D eigenvalue weighted by Crippen LogP contribution is 2.43. The number of ether oxygens (including phenoxy) is 1. The predicted octanol–water partition coefficient (Wildman–Crippen LogP) is 5.73. The van der Waals surface area contributed by atoms with Crippen LogP contribution in [-0.4, -0.2) is 20.9 Å². The molecule has 8 heteroatoms. The van der Waals surface area contributed by atoms with Crippen molar-refractivity contribution in [1.82, 2.24) is 0 Å². The van der Waals surface area contributed by atoms with E-state index in [-0.39, 0.29) is 11.4 Å². The molecule has 1 amide bonds. The summed E-state index contributed by atoms with van der Waals surface area (Å²) < 4.78 is 33.6. The Balaban J connectivity index is 1.32. The van der Waals surface area contributed by atoms with Crippen LogP contribution in [0.1, 0.15) is 5.56 Å². The van der Waals surface area contributed by atoms with E-state index in [1.54, 1.807) is 60.7 Å². The van der Waals surface area contributed by atoms with Gasteiger partial charge in [0.05, 0.1) is 10.6 Å². The zero-order valence-corrected chi connectivity index (χ0v) is 20.1. The standard InChI is InChI=1S/C27H21ClN2O4S/c28-20-10-15-25-24(16-20)23-8-4-5-9-26(23)35(32,33)30(25)17-27(31)29-21-11-13-22(14-12-21)34-18-19-6-2-1-3-7-19/h1-16H,17-18H2,(H,29,31). The molecule has 6 nitrogen and oxygen atoms in total. The molecule has 0 spiro atoms. The number of rotatable bonds is 6. The van der Waals surface area contributed by atoms with Crippen molar-refractivity contribution in [1.29, 1.82) is 0 Å². The van der Waals surface area contributed by atoms with E-state index in [0.717, 1.165) is 9.87 Å². The van der Waals surface area contributed by atoms with Crippen LogP contribution in [0.15, 0.2) is 102 Å². The largest absolute Gasteiger partial charge is 0.489 e. The van der Waals surface area contributed by atoms with Gasteiger partial charge in [-0.15, -0.1) is 0 Å². The quantitative estimate of drug-likeness (QED) is 0.363. The monoisotopic (exact) mass is 504 g/mol. The van der Waals surface area contributed by atoms with E-state index < -0.39 is 15.9 Å². The van der Waals surface area contributed by atoms with Crippen LogP contribution >= 0.6 is 11.6 Å². The molecule has 1 aliphatic heterocycles. The molecule has 0 atom stereocenters. The van der Waals surface area contributed by atoms with Crippen molar-refractivity contribution < 1.29 is 17.9 Å². The van der Waals surface area contributed by atoms with Gasteiger partial charge in [0.25, 0.3) is 10.0 Å². The normalized spacial score (nSPS) is 13.5. The van der Waals surface area contributed by atoms with E-state index in [0.29, 0.717) is 39.9 Å². The maximum Gasteiger partial charge on any atom is 0.265 e. The summed E-state index contributed by atoms with van der Waals surface area (Å²) in [4.78, 5) is 13.0. The Morgan fingerprint density at radius 2 is 1.57 bits per heavy atom. The van der Waals surface area contributed by atoms with E-state index in [1.165, 1.54) is 6.07 Å². The molecular formula is C27H21ClN2O4S. The summed E-state index contributed by atoms with van der Waals surface area (Å²) in [6.45, 7) is 0.0574. The number of hydrogen-bond acceptors (Lipinski definition) is 4. The Hall–Kier alpha value is -3.81. The van der Waals surface area contributed by atoms with Gasteiger partial charge in [0.15, 0.2) is 0 Å². The molecule has 35 heavy (non-hydrogen) atoms.